The lowest BCUT2D eigenvalue weighted by Gasteiger charge is -2.28. The van der Waals surface area contributed by atoms with Gasteiger partial charge in [0.15, 0.2) is 0 Å². The van der Waals surface area contributed by atoms with Crippen molar-refractivity contribution in [3.05, 3.63) is 224 Å². The number of benzene rings is 10. The van der Waals surface area contributed by atoms with Crippen molar-refractivity contribution >= 4 is 49.4 Å². The summed E-state index contributed by atoms with van der Waals surface area (Å²) < 4.78 is 0. The summed E-state index contributed by atoms with van der Waals surface area (Å²) in [6, 6.07) is 81.4. The highest BCUT2D eigenvalue weighted by molar-refractivity contribution is 6.10. The molecule has 0 aliphatic heterocycles. The topological polar surface area (TPSA) is 3.24 Å². The van der Waals surface area contributed by atoms with Crippen molar-refractivity contribution in [3.8, 4) is 44.5 Å². The van der Waals surface area contributed by atoms with E-state index in [-0.39, 0.29) is 0 Å². The van der Waals surface area contributed by atoms with Crippen molar-refractivity contribution in [1.82, 2.24) is 0 Å². The molecule has 0 aliphatic rings. The van der Waals surface area contributed by atoms with Crippen LogP contribution in [0, 0.1) is 0 Å². The number of hydrogen-bond acceptors (Lipinski definition) is 1. The van der Waals surface area contributed by atoms with Crippen LogP contribution in [0.15, 0.2) is 224 Å². The Kier molecular flexibility index (Phi) is 8.24. The fourth-order valence-corrected chi connectivity index (χ4v) is 8.26. The first-order chi connectivity index (χ1) is 27.3. The molecule has 0 amide bonds. The van der Waals surface area contributed by atoms with Crippen molar-refractivity contribution in [3.63, 3.8) is 0 Å². The van der Waals surface area contributed by atoms with Gasteiger partial charge in [-0.2, -0.15) is 0 Å². The van der Waals surface area contributed by atoms with E-state index in [1.807, 2.05) is 0 Å². The minimum Gasteiger partial charge on any atom is -0.310 e. The van der Waals surface area contributed by atoms with Gasteiger partial charge in [-0.25, -0.2) is 0 Å². The lowest BCUT2D eigenvalue weighted by Crippen LogP contribution is -2.10. The predicted molar refractivity (Wildman–Crippen MR) is 235 cm³/mol. The Labute approximate surface area is 322 Å². The molecule has 0 aromatic heterocycles. The Balaban J connectivity index is 1.12. The molecule has 1 nitrogen and oxygen atoms in total. The first-order valence-corrected chi connectivity index (χ1v) is 18.9. The summed E-state index contributed by atoms with van der Waals surface area (Å²) in [6.07, 6.45) is 0. The molecule has 0 spiro atoms. The van der Waals surface area contributed by atoms with Crippen LogP contribution in [0.4, 0.5) is 17.1 Å². The molecule has 0 fully saturated rings. The third-order valence-electron chi connectivity index (χ3n) is 10.9. The largest absolute Gasteiger partial charge is 0.310 e. The third-order valence-corrected chi connectivity index (χ3v) is 10.9. The van der Waals surface area contributed by atoms with Crippen LogP contribution in [-0.4, -0.2) is 0 Å². The number of anilines is 3. The van der Waals surface area contributed by atoms with E-state index in [0.29, 0.717) is 0 Å². The van der Waals surface area contributed by atoms with Crippen LogP contribution in [0.5, 0.6) is 0 Å². The van der Waals surface area contributed by atoms with Crippen molar-refractivity contribution in [2.24, 2.45) is 0 Å². The van der Waals surface area contributed by atoms with Gasteiger partial charge in [-0.3, -0.25) is 0 Å². The zero-order chi connectivity index (χ0) is 36.6. The van der Waals surface area contributed by atoms with Crippen LogP contribution >= 0.6 is 0 Å². The van der Waals surface area contributed by atoms with Gasteiger partial charge in [-0.05, 0) is 102 Å². The van der Waals surface area contributed by atoms with E-state index in [4.69, 9.17) is 0 Å². The fraction of sp³-hybridized carbons (Fsp3) is 0. The van der Waals surface area contributed by atoms with Gasteiger partial charge < -0.3 is 4.90 Å². The standard InChI is InChI=1S/C54H37N/c1-3-14-38(15-4-1)39-28-32-43(33-29-39)55(54-37-36-52(51-21-9-10-22-53(51)54)50-25-11-19-41-18-7-8-20-45(41)50)44-34-30-42(31-35-44)47-24-13-26-48-46(23-12-27-49(47)48)40-16-5-2-6-17-40/h1-37H. The number of fused-ring (bicyclic) bond motifs is 3. The molecule has 0 radical (unpaired) electrons. The van der Waals surface area contributed by atoms with Crippen molar-refractivity contribution in [2.45, 2.75) is 0 Å². The second kappa shape index (κ2) is 14.0. The highest BCUT2D eigenvalue weighted by Gasteiger charge is 2.19. The summed E-state index contributed by atoms with van der Waals surface area (Å²) in [5.74, 6) is 0. The minimum absolute atomic E-state index is 1.10. The van der Waals surface area contributed by atoms with Gasteiger partial charge in [0, 0.05) is 16.8 Å². The maximum atomic E-state index is 2.41. The van der Waals surface area contributed by atoms with Gasteiger partial charge in [0.1, 0.15) is 0 Å². The van der Waals surface area contributed by atoms with E-state index >= 15 is 0 Å². The highest BCUT2D eigenvalue weighted by Crippen LogP contribution is 2.44. The fourth-order valence-electron chi connectivity index (χ4n) is 8.26. The Morgan fingerprint density at radius 1 is 0.218 bits per heavy atom. The summed E-state index contributed by atoms with van der Waals surface area (Å²) in [5.41, 5.74) is 13.1. The lowest BCUT2D eigenvalue weighted by atomic mass is 9.92. The normalized spacial score (nSPS) is 11.3. The van der Waals surface area contributed by atoms with Crippen LogP contribution in [0.25, 0.3) is 76.8 Å². The number of hydrogen-bond donors (Lipinski definition) is 0. The molecular weight excluding hydrogens is 663 g/mol. The molecule has 0 unspecified atom stereocenters. The van der Waals surface area contributed by atoms with E-state index < -0.39 is 0 Å². The molecule has 10 rings (SSSR count). The average molecular weight is 700 g/mol. The Morgan fingerprint density at radius 2 is 0.618 bits per heavy atom. The molecule has 0 aliphatic carbocycles. The maximum Gasteiger partial charge on any atom is 0.0540 e. The lowest BCUT2D eigenvalue weighted by molar-refractivity contribution is 1.30. The first kappa shape index (κ1) is 32.4. The molecule has 258 valence electrons. The summed E-state index contributed by atoms with van der Waals surface area (Å²) in [7, 11) is 0. The molecular formula is C54H37N. The molecule has 1 heteroatoms. The smallest absolute Gasteiger partial charge is 0.0540 e. The van der Waals surface area contributed by atoms with Crippen LogP contribution < -0.4 is 4.90 Å². The summed E-state index contributed by atoms with van der Waals surface area (Å²) in [4.78, 5) is 2.41. The molecule has 0 heterocycles. The third kappa shape index (κ3) is 5.93. The molecule has 10 aromatic rings. The van der Waals surface area contributed by atoms with Gasteiger partial charge >= 0.3 is 0 Å². The summed E-state index contributed by atoms with van der Waals surface area (Å²) in [6.45, 7) is 0. The zero-order valence-corrected chi connectivity index (χ0v) is 30.3. The number of nitrogens with zero attached hydrogens (tertiary/aromatic N) is 1. The van der Waals surface area contributed by atoms with E-state index in [1.54, 1.807) is 0 Å². The van der Waals surface area contributed by atoms with Crippen LogP contribution in [-0.2, 0) is 0 Å². The number of rotatable bonds is 7. The SMILES string of the molecule is c1ccc(-c2ccc(N(c3ccc(-c4cccc5c(-c6ccccc6)cccc45)cc3)c3ccc(-c4cccc5ccccc45)c4ccccc34)cc2)cc1. The highest BCUT2D eigenvalue weighted by atomic mass is 15.1. The maximum absolute atomic E-state index is 2.41. The van der Waals surface area contributed by atoms with Crippen LogP contribution in [0.2, 0.25) is 0 Å². The molecule has 10 aromatic carbocycles. The average Bonchev–Trinajstić information content (AvgIpc) is 3.27. The zero-order valence-electron chi connectivity index (χ0n) is 30.3. The molecule has 0 saturated heterocycles. The molecule has 0 atom stereocenters. The van der Waals surface area contributed by atoms with Crippen molar-refractivity contribution in [2.75, 3.05) is 4.90 Å². The minimum atomic E-state index is 1.10. The summed E-state index contributed by atoms with van der Waals surface area (Å²) in [5, 5.41) is 7.44. The van der Waals surface area contributed by atoms with Crippen molar-refractivity contribution in [1.29, 1.82) is 0 Å². The molecule has 55 heavy (non-hydrogen) atoms. The Morgan fingerprint density at radius 3 is 1.27 bits per heavy atom. The van der Waals surface area contributed by atoms with Gasteiger partial charge in [-0.15, -0.1) is 0 Å². The quantitative estimate of drug-likeness (QED) is 0.160. The van der Waals surface area contributed by atoms with Gasteiger partial charge in [-0.1, -0.05) is 194 Å². The van der Waals surface area contributed by atoms with E-state index in [0.717, 1.165) is 17.1 Å². The van der Waals surface area contributed by atoms with Gasteiger partial charge in [0.05, 0.1) is 5.69 Å². The van der Waals surface area contributed by atoms with Crippen molar-refractivity contribution < 1.29 is 0 Å². The summed E-state index contributed by atoms with van der Waals surface area (Å²) >= 11 is 0. The van der Waals surface area contributed by atoms with Crippen LogP contribution in [0.3, 0.4) is 0 Å². The van der Waals surface area contributed by atoms with E-state index in [2.05, 4.69) is 229 Å². The second-order valence-corrected chi connectivity index (χ2v) is 14.1. The van der Waals surface area contributed by atoms with Gasteiger partial charge in [0.25, 0.3) is 0 Å². The molecule has 0 bridgehead atoms. The first-order valence-electron chi connectivity index (χ1n) is 18.9. The van der Waals surface area contributed by atoms with Crippen LogP contribution in [0.1, 0.15) is 0 Å². The molecule has 0 N–H and O–H groups in total. The van der Waals surface area contributed by atoms with E-state index in [9.17, 15) is 0 Å². The monoisotopic (exact) mass is 699 g/mol. The van der Waals surface area contributed by atoms with Gasteiger partial charge in [0.2, 0.25) is 0 Å². The second-order valence-electron chi connectivity index (χ2n) is 14.1. The Bertz CT molecular complexity index is 2940. The Hall–Kier alpha value is -7.22. The molecule has 0 saturated carbocycles. The predicted octanol–water partition coefficient (Wildman–Crippen LogP) is 15.3. The van der Waals surface area contributed by atoms with E-state index in [1.165, 1.54) is 76.8 Å².